The molecule has 1 heterocycles. The lowest BCUT2D eigenvalue weighted by molar-refractivity contribution is -0.147. The zero-order valence-corrected chi connectivity index (χ0v) is 13.4. The average molecular weight is 330 g/mol. The molecule has 0 spiro atoms. The summed E-state index contributed by atoms with van der Waals surface area (Å²) in [5, 5.41) is 2.60. The fourth-order valence-electron chi connectivity index (χ4n) is 3.30. The van der Waals surface area contributed by atoms with E-state index in [-0.39, 0.29) is 30.2 Å². The zero-order chi connectivity index (χ0) is 17.3. The Hall–Kier alpha value is -2.50. The fraction of sp³-hybridized carbons (Fsp3) is 0.389. The highest BCUT2D eigenvalue weighted by molar-refractivity contribution is 6.08. The van der Waals surface area contributed by atoms with Crippen LogP contribution in [0.15, 0.2) is 36.4 Å². The first-order valence-electron chi connectivity index (χ1n) is 8.03. The second-order valence-corrected chi connectivity index (χ2v) is 6.19. The third-order valence-electron chi connectivity index (χ3n) is 4.72. The molecular formula is C18H19FN2O3. The largest absolute Gasteiger partial charge is 0.350 e. The van der Waals surface area contributed by atoms with Gasteiger partial charge in [-0.1, -0.05) is 30.4 Å². The molecule has 0 bridgehead atoms. The zero-order valence-electron chi connectivity index (χ0n) is 13.4. The lowest BCUT2D eigenvalue weighted by Crippen LogP contribution is -2.48. The van der Waals surface area contributed by atoms with Crippen molar-refractivity contribution in [1.82, 2.24) is 10.2 Å². The summed E-state index contributed by atoms with van der Waals surface area (Å²) in [5.74, 6) is -2.16. The molecule has 2 unspecified atom stereocenters. The van der Waals surface area contributed by atoms with Crippen LogP contribution < -0.4 is 5.32 Å². The van der Waals surface area contributed by atoms with Gasteiger partial charge in [-0.25, -0.2) is 4.39 Å². The third-order valence-corrected chi connectivity index (χ3v) is 4.72. The van der Waals surface area contributed by atoms with Crippen LogP contribution in [0.1, 0.15) is 25.3 Å². The van der Waals surface area contributed by atoms with Gasteiger partial charge in [0.2, 0.25) is 17.7 Å². The standard InChI is InChI=1S/C18H19FN2O3/c1-11(16(22)20-10-12-6-2-5-9-15(12)19)21-17(23)13-7-3-4-8-14(13)18(21)24/h2-6,9,11,13-14H,7-8,10H2,1H3,(H,20,22)/t11-,13?,14?/m0/s1. The van der Waals surface area contributed by atoms with Crippen LogP contribution in [0.3, 0.4) is 0 Å². The molecule has 24 heavy (non-hydrogen) atoms. The number of carbonyl (C=O) groups is 3. The van der Waals surface area contributed by atoms with Gasteiger partial charge in [0.25, 0.3) is 0 Å². The van der Waals surface area contributed by atoms with Crippen molar-refractivity contribution in [3.63, 3.8) is 0 Å². The van der Waals surface area contributed by atoms with E-state index in [9.17, 15) is 18.8 Å². The minimum atomic E-state index is -0.901. The van der Waals surface area contributed by atoms with Crippen molar-refractivity contribution >= 4 is 17.7 Å². The predicted molar refractivity (Wildman–Crippen MR) is 84.9 cm³/mol. The number of nitrogens with one attached hydrogen (secondary N) is 1. The SMILES string of the molecule is C[C@@H](C(=O)NCc1ccccc1F)N1C(=O)C2CC=CCC2C1=O. The highest BCUT2D eigenvalue weighted by Crippen LogP contribution is 2.36. The van der Waals surface area contributed by atoms with Gasteiger partial charge >= 0.3 is 0 Å². The molecule has 3 atom stereocenters. The van der Waals surface area contributed by atoms with Gasteiger partial charge in [0, 0.05) is 12.1 Å². The molecule has 1 aromatic carbocycles. The molecule has 6 heteroatoms. The average Bonchev–Trinajstić information content (AvgIpc) is 2.85. The molecule has 1 aliphatic heterocycles. The Bertz CT molecular complexity index is 690. The smallest absolute Gasteiger partial charge is 0.243 e. The van der Waals surface area contributed by atoms with Gasteiger partial charge in [0.1, 0.15) is 11.9 Å². The van der Waals surface area contributed by atoms with E-state index in [1.807, 2.05) is 12.2 Å². The monoisotopic (exact) mass is 330 g/mol. The molecule has 1 saturated heterocycles. The maximum Gasteiger partial charge on any atom is 0.243 e. The van der Waals surface area contributed by atoms with Crippen LogP contribution in [0.4, 0.5) is 4.39 Å². The summed E-state index contributed by atoms with van der Waals surface area (Å²) in [4.78, 5) is 38.3. The summed E-state index contributed by atoms with van der Waals surface area (Å²) in [6.45, 7) is 1.54. The summed E-state index contributed by atoms with van der Waals surface area (Å²) in [5.41, 5.74) is 0.356. The number of benzene rings is 1. The van der Waals surface area contributed by atoms with E-state index < -0.39 is 17.8 Å². The van der Waals surface area contributed by atoms with Crippen molar-refractivity contribution in [2.24, 2.45) is 11.8 Å². The van der Waals surface area contributed by atoms with Gasteiger partial charge in [-0.15, -0.1) is 0 Å². The lowest BCUT2D eigenvalue weighted by atomic mass is 9.85. The van der Waals surface area contributed by atoms with E-state index in [4.69, 9.17) is 0 Å². The van der Waals surface area contributed by atoms with Crippen molar-refractivity contribution in [2.45, 2.75) is 32.4 Å². The molecule has 1 fully saturated rings. The van der Waals surface area contributed by atoms with Gasteiger partial charge in [-0.05, 0) is 25.8 Å². The first-order valence-corrected chi connectivity index (χ1v) is 8.03. The van der Waals surface area contributed by atoms with Gasteiger partial charge in [-0.3, -0.25) is 19.3 Å². The number of likely N-dealkylation sites (tertiary alicyclic amines) is 1. The van der Waals surface area contributed by atoms with E-state index in [1.54, 1.807) is 18.2 Å². The van der Waals surface area contributed by atoms with E-state index >= 15 is 0 Å². The van der Waals surface area contributed by atoms with Gasteiger partial charge in [0.05, 0.1) is 11.8 Å². The Labute approximate surface area is 139 Å². The van der Waals surface area contributed by atoms with Crippen molar-refractivity contribution in [3.05, 3.63) is 47.8 Å². The molecular weight excluding hydrogens is 311 g/mol. The molecule has 3 rings (SSSR count). The number of imide groups is 1. The molecule has 2 aliphatic rings. The van der Waals surface area contributed by atoms with Crippen molar-refractivity contribution < 1.29 is 18.8 Å². The second kappa shape index (κ2) is 6.55. The van der Waals surface area contributed by atoms with Crippen LogP contribution in [0.2, 0.25) is 0 Å². The van der Waals surface area contributed by atoms with Crippen molar-refractivity contribution in [3.8, 4) is 0 Å². The van der Waals surface area contributed by atoms with Crippen molar-refractivity contribution in [2.75, 3.05) is 0 Å². The summed E-state index contributed by atoms with van der Waals surface area (Å²) < 4.78 is 13.6. The Morgan fingerprint density at radius 2 is 1.79 bits per heavy atom. The van der Waals surface area contributed by atoms with E-state index in [2.05, 4.69) is 5.32 Å². The van der Waals surface area contributed by atoms with E-state index in [0.29, 0.717) is 18.4 Å². The summed E-state index contributed by atoms with van der Waals surface area (Å²) >= 11 is 0. The molecule has 5 nitrogen and oxygen atoms in total. The number of halogens is 1. The van der Waals surface area contributed by atoms with Gasteiger partial charge < -0.3 is 5.32 Å². The maximum atomic E-state index is 13.6. The molecule has 1 N–H and O–H groups in total. The Morgan fingerprint density at radius 3 is 2.38 bits per heavy atom. The predicted octanol–water partition coefficient (Wildman–Crippen LogP) is 1.78. The molecule has 126 valence electrons. The minimum absolute atomic E-state index is 0.0144. The first kappa shape index (κ1) is 16.4. The van der Waals surface area contributed by atoms with Crippen LogP contribution in [0.5, 0.6) is 0 Å². The maximum absolute atomic E-state index is 13.6. The Morgan fingerprint density at radius 1 is 1.21 bits per heavy atom. The molecule has 1 aliphatic carbocycles. The number of hydrogen-bond acceptors (Lipinski definition) is 3. The minimum Gasteiger partial charge on any atom is -0.350 e. The molecule has 3 amide bonds. The molecule has 0 aromatic heterocycles. The van der Waals surface area contributed by atoms with Crippen LogP contribution in [0.25, 0.3) is 0 Å². The summed E-state index contributed by atoms with van der Waals surface area (Å²) in [6.07, 6.45) is 4.88. The van der Waals surface area contributed by atoms with Crippen LogP contribution in [-0.4, -0.2) is 28.7 Å². The third kappa shape index (κ3) is 2.84. The number of hydrogen-bond donors (Lipinski definition) is 1. The molecule has 1 aromatic rings. The normalized spacial score (nSPS) is 24.0. The number of amides is 3. The summed E-state index contributed by atoms with van der Waals surface area (Å²) in [6, 6.07) is 5.24. The van der Waals surface area contributed by atoms with Gasteiger partial charge in [0.15, 0.2) is 0 Å². The fourth-order valence-corrected chi connectivity index (χ4v) is 3.30. The van der Waals surface area contributed by atoms with E-state index in [1.165, 1.54) is 13.0 Å². The number of allylic oxidation sites excluding steroid dienone is 2. The topological polar surface area (TPSA) is 66.5 Å². The molecule has 0 saturated carbocycles. The highest BCUT2D eigenvalue weighted by Gasteiger charge is 2.49. The van der Waals surface area contributed by atoms with E-state index in [0.717, 1.165) is 4.90 Å². The first-order chi connectivity index (χ1) is 11.5. The number of carbonyl (C=O) groups excluding carboxylic acids is 3. The van der Waals surface area contributed by atoms with Gasteiger partial charge in [-0.2, -0.15) is 0 Å². The Balaban J connectivity index is 1.66. The summed E-state index contributed by atoms with van der Waals surface area (Å²) in [7, 11) is 0. The van der Waals surface area contributed by atoms with Crippen LogP contribution in [-0.2, 0) is 20.9 Å². The van der Waals surface area contributed by atoms with Crippen LogP contribution in [0, 0.1) is 17.7 Å². The quantitative estimate of drug-likeness (QED) is 0.676. The van der Waals surface area contributed by atoms with Crippen LogP contribution >= 0.6 is 0 Å². The Kier molecular flexibility index (Phi) is 4.46. The van der Waals surface area contributed by atoms with Crippen molar-refractivity contribution in [1.29, 1.82) is 0 Å². The number of rotatable bonds is 4. The second-order valence-electron chi connectivity index (χ2n) is 6.19. The lowest BCUT2D eigenvalue weighted by Gasteiger charge is -2.22. The number of fused-ring (bicyclic) bond motifs is 1. The highest BCUT2D eigenvalue weighted by atomic mass is 19.1. The number of nitrogens with zero attached hydrogens (tertiary/aromatic N) is 1. The molecule has 0 radical (unpaired) electrons.